The van der Waals surface area contributed by atoms with Crippen LogP contribution in [0.25, 0.3) is 0 Å². The lowest BCUT2D eigenvalue weighted by Gasteiger charge is -2.18. The maximum Gasteiger partial charge on any atom is 0.191 e. The second-order valence-corrected chi connectivity index (χ2v) is 6.09. The molecule has 22 heavy (non-hydrogen) atoms. The Morgan fingerprint density at radius 1 is 1.05 bits per heavy atom. The van der Waals surface area contributed by atoms with E-state index in [9.17, 15) is 0 Å². The lowest BCUT2D eigenvalue weighted by atomic mass is 10.0. The van der Waals surface area contributed by atoms with E-state index in [0.29, 0.717) is 19.3 Å². The number of ether oxygens (including phenoxy) is 2. The molecule has 132 valence electrons. The summed E-state index contributed by atoms with van der Waals surface area (Å²) in [5.74, 6) is 1.68. The van der Waals surface area contributed by atoms with Crippen molar-refractivity contribution in [2.75, 3.05) is 40.0 Å². The van der Waals surface area contributed by atoms with Crippen LogP contribution >= 0.6 is 0 Å². The van der Waals surface area contributed by atoms with Gasteiger partial charge in [0.25, 0.3) is 0 Å². The van der Waals surface area contributed by atoms with Crippen LogP contribution in [0.3, 0.4) is 0 Å². The Bertz CT molecular complexity index is 271. The van der Waals surface area contributed by atoms with Gasteiger partial charge in [-0.15, -0.1) is 0 Å². The van der Waals surface area contributed by atoms with Gasteiger partial charge in [0.15, 0.2) is 5.96 Å². The average Bonchev–Trinajstić information content (AvgIpc) is 2.48. The molecule has 0 saturated carbocycles. The maximum absolute atomic E-state index is 5.44. The molecular weight excluding hydrogens is 278 g/mol. The molecule has 0 heterocycles. The number of aliphatic imine (C=N–C) groups is 1. The molecule has 0 aliphatic heterocycles. The molecule has 1 unspecified atom stereocenters. The Labute approximate surface area is 137 Å². The van der Waals surface area contributed by atoms with Gasteiger partial charge in [-0.25, -0.2) is 0 Å². The summed E-state index contributed by atoms with van der Waals surface area (Å²) in [7, 11) is 1.69. The topological polar surface area (TPSA) is 54.9 Å². The van der Waals surface area contributed by atoms with Crippen LogP contribution in [0.15, 0.2) is 4.99 Å². The van der Waals surface area contributed by atoms with E-state index in [2.05, 4.69) is 43.3 Å². The Morgan fingerprint density at radius 3 is 2.45 bits per heavy atom. The molecule has 5 nitrogen and oxygen atoms in total. The van der Waals surface area contributed by atoms with Gasteiger partial charge in [0, 0.05) is 32.8 Å². The highest BCUT2D eigenvalue weighted by molar-refractivity contribution is 5.79. The first-order valence-electron chi connectivity index (χ1n) is 8.71. The minimum absolute atomic E-state index is 0.456. The summed E-state index contributed by atoms with van der Waals surface area (Å²) in [6.45, 7) is 12.7. The molecule has 0 amide bonds. The summed E-state index contributed by atoms with van der Waals surface area (Å²) < 4.78 is 10.4. The Morgan fingerprint density at radius 2 is 1.82 bits per heavy atom. The fourth-order valence-electron chi connectivity index (χ4n) is 1.96. The van der Waals surface area contributed by atoms with E-state index in [1.165, 1.54) is 12.8 Å². The molecule has 0 bridgehead atoms. The summed E-state index contributed by atoms with van der Waals surface area (Å²) in [5.41, 5.74) is 0. The van der Waals surface area contributed by atoms with Crippen molar-refractivity contribution in [3.05, 3.63) is 0 Å². The molecule has 0 aliphatic carbocycles. The first kappa shape index (κ1) is 21.2. The molecule has 0 aromatic heterocycles. The summed E-state index contributed by atoms with van der Waals surface area (Å²) in [6.07, 6.45) is 4.50. The van der Waals surface area contributed by atoms with E-state index < -0.39 is 0 Å². The van der Waals surface area contributed by atoms with Crippen LogP contribution in [0.4, 0.5) is 0 Å². The van der Waals surface area contributed by atoms with Crippen LogP contribution in [0.5, 0.6) is 0 Å². The van der Waals surface area contributed by atoms with Crippen LogP contribution in [0.2, 0.25) is 0 Å². The van der Waals surface area contributed by atoms with E-state index in [1.54, 1.807) is 7.11 Å². The quantitative estimate of drug-likeness (QED) is 0.312. The average molecular weight is 316 g/mol. The number of rotatable bonds is 13. The fraction of sp³-hybridized carbons (Fsp3) is 0.941. The van der Waals surface area contributed by atoms with Crippen molar-refractivity contribution in [1.82, 2.24) is 10.6 Å². The molecule has 0 fully saturated rings. The molecule has 0 aliphatic rings. The summed E-state index contributed by atoms with van der Waals surface area (Å²) in [5, 5.41) is 6.79. The molecule has 0 saturated heterocycles. The summed E-state index contributed by atoms with van der Waals surface area (Å²) in [4.78, 5) is 4.63. The first-order valence-corrected chi connectivity index (χ1v) is 8.71. The molecule has 0 aromatic rings. The second kappa shape index (κ2) is 15.1. The van der Waals surface area contributed by atoms with E-state index in [0.717, 1.165) is 44.4 Å². The van der Waals surface area contributed by atoms with Gasteiger partial charge in [0.2, 0.25) is 0 Å². The molecule has 2 N–H and O–H groups in total. The molecule has 0 spiro atoms. The molecule has 1 atom stereocenters. The number of hydrogen-bond donors (Lipinski definition) is 2. The highest BCUT2D eigenvalue weighted by Crippen LogP contribution is 2.06. The highest BCUT2D eigenvalue weighted by atomic mass is 16.5. The third kappa shape index (κ3) is 14.1. The van der Waals surface area contributed by atoms with Crippen molar-refractivity contribution in [3.8, 4) is 0 Å². The summed E-state index contributed by atoms with van der Waals surface area (Å²) >= 11 is 0. The molecule has 0 rings (SSSR count). The number of unbranched alkanes of at least 4 members (excludes halogenated alkanes) is 1. The van der Waals surface area contributed by atoms with Gasteiger partial charge in [-0.05, 0) is 45.4 Å². The maximum atomic E-state index is 5.44. The van der Waals surface area contributed by atoms with Crippen molar-refractivity contribution in [2.45, 2.75) is 59.4 Å². The van der Waals surface area contributed by atoms with Gasteiger partial charge in [-0.3, -0.25) is 4.99 Å². The van der Waals surface area contributed by atoms with Crippen molar-refractivity contribution in [3.63, 3.8) is 0 Å². The number of nitrogens with zero attached hydrogens (tertiary/aromatic N) is 1. The van der Waals surface area contributed by atoms with Crippen LogP contribution in [0, 0.1) is 5.92 Å². The third-order valence-corrected chi connectivity index (χ3v) is 3.30. The second-order valence-electron chi connectivity index (χ2n) is 6.09. The smallest absolute Gasteiger partial charge is 0.191 e. The summed E-state index contributed by atoms with van der Waals surface area (Å²) in [6, 6.07) is 0.456. The Hall–Kier alpha value is -0.810. The molecular formula is C17H37N3O2. The minimum atomic E-state index is 0.456. The molecule has 5 heteroatoms. The monoisotopic (exact) mass is 315 g/mol. The van der Waals surface area contributed by atoms with E-state index >= 15 is 0 Å². The van der Waals surface area contributed by atoms with Crippen LogP contribution in [0.1, 0.15) is 53.4 Å². The van der Waals surface area contributed by atoms with E-state index in [4.69, 9.17) is 9.47 Å². The van der Waals surface area contributed by atoms with Crippen molar-refractivity contribution in [2.24, 2.45) is 10.9 Å². The third-order valence-electron chi connectivity index (χ3n) is 3.30. The van der Waals surface area contributed by atoms with Gasteiger partial charge < -0.3 is 20.1 Å². The van der Waals surface area contributed by atoms with Crippen molar-refractivity contribution in [1.29, 1.82) is 0 Å². The van der Waals surface area contributed by atoms with Crippen molar-refractivity contribution >= 4 is 5.96 Å². The van der Waals surface area contributed by atoms with Crippen LogP contribution in [-0.4, -0.2) is 52.0 Å². The zero-order valence-corrected chi connectivity index (χ0v) is 15.3. The van der Waals surface area contributed by atoms with Gasteiger partial charge >= 0.3 is 0 Å². The van der Waals surface area contributed by atoms with Gasteiger partial charge in [-0.2, -0.15) is 0 Å². The zero-order chi connectivity index (χ0) is 16.6. The zero-order valence-electron chi connectivity index (χ0n) is 15.3. The lowest BCUT2D eigenvalue weighted by Crippen LogP contribution is -2.42. The lowest BCUT2D eigenvalue weighted by molar-refractivity contribution is 0.0690. The highest BCUT2D eigenvalue weighted by Gasteiger charge is 2.05. The van der Waals surface area contributed by atoms with Crippen LogP contribution in [-0.2, 0) is 9.47 Å². The predicted octanol–water partition coefficient (Wildman–Crippen LogP) is 2.81. The van der Waals surface area contributed by atoms with E-state index in [-0.39, 0.29) is 0 Å². The molecule has 0 aromatic carbocycles. The number of methoxy groups -OCH3 is 1. The SMILES string of the molecule is CCNC(=NCCCCOCCOC)NC(C)CCC(C)C. The minimum Gasteiger partial charge on any atom is -0.382 e. The standard InChI is InChI=1S/C17H37N3O2/c1-6-18-17(20-16(4)10-9-15(2)3)19-11-7-8-12-22-14-13-21-5/h15-16H,6-14H2,1-5H3,(H2,18,19,20). The Balaban J connectivity index is 3.85. The van der Waals surface area contributed by atoms with Gasteiger partial charge in [0.05, 0.1) is 13.2 Å². The Kier molecular flexibility index (Phi) is 14.5. The predicted molar refractivity (Wildman–Crippen MR) is 94.6 cm³/mol. The van der Waals surface area contributed by atoms with Crippen LogP contribution < -0.4 is 10.6 Å². The number of hydrogen-bond acceptors (Lipinski definition) is 3. The number of nitrogens with one attached hydrogen (secondary N) is 2. The van der Waals surface area contributed by atoms with Gasteiger partial charge in [0.1, 0.15) is 0 Å². The number of guanidine groups is 1. The van der Waals surface area contributed by atoms with E-state index in [1.807, 2.05) is 0 Å². The van der Waals surface area contributed by atoms with Gasteiger partial charge in [-0.1, -0.05) is 13.8 Å². The normalized spacial score (nSPS) is 13.5. The first-order chi connectivity index (χ1) is 10.6. The largest absolute Gasteiger partial charge is 0.382 e. The van der Waals surface area contributed by atoms with Crippen molar-refractivity contribution < 1.29 is 9.47 Å². The fourth-order valence-corrected chi connectivity index (χ4v) is 1.96. The molecule has 0 radical (unpaired) electrons.